The van der Waals surface area contributed by atoms with E-state index in [-0.39, 0.29) is 17.8 Å². The van der Waals surface area contributed by atoms with E-state index >= 15 is 0 Å². The summed E-state index contributed by atoms with van der Waals surface area (Å²) in [6.45, 7) is 3.29. The van der Waals surface area contributed by atoms with Gasteiger partial charge in [-0.2, -0.15) is 4.98 Å². The molecule has 0 atom stereocenters. The van der Waals surface area contributed by atoms with Crippen molar-refractivity contribution >= 4 is 38.8 Å². The first-order chi connectivity index (χ1) is 13.8. The van der Waals surface area contributed by atoms with E-state index < -0.39 is 23.8 Å². The largest absolute Gasteiger partial charge is 0.465 e. The van der Waals surface area contributed by atoms with Crippen molar-refractivity contribution in [1.82, 2.24) is 23.1 Å². The summed E-state index contributed by atoms with van der Waals surface area (Å²) >= 11 is 3.42. The molecule has 0 aliphatic rings. The maximum absolute atomic E-state index is 13.1. The number of ether oxygens (including phenoxy) is 1. The maximum Gasteiger partial charge on any atom is 0.333 e. The third kappa shape index (κ3) is 3.00. The van der Waals surface area contributed by atoms with E-state index in [1.54, 1.807) is 17.5 Å². The van der Waals surface area contributed by atoms with Crippen molar-refractivity contribution < 1.29 is 9.53 Å². The van der Waals surface area contributed by atoms with Crippen molar-refractivity contribution in [2.75, 3.05) is 6.61 Å². The summed E-state index contributed by atoms with van der Waals surface area (Å²) < 4.78 is 11.5. The average molecular weight is 460 g/mol. The van der Waals surface area contributed by atoms with Crippen LogP contribution >= 0.6 is 15.9 Å². The highest BCUT2D eigenvalue weighted by Gasteiger charge is 2.21. The van der Waals surface area contributed by atoms with Crippen LogP contribution in [0, 0.1) is 6.92 Å². The fraction of sp³-hybridized carbons (Fsp3) is 0.263. The number of halogens is 1. The molecule has 9 nitrogen and oxygen atoms in total. The van der Waals surface area contributed by atoms with Gasteiger partial charge in [0.25, 0.3) is 5.56 Å². The number of carbonyl (C=O) groups is 1. The van der Waals surface area contributed by atoms with Gasteiger partial charge >= 0.3 is 11.7 Å². The number of aryl methyl sites for hydroxylation is 2. The standard InChI is InChI=1S/C19H18BrN5O4/c1-4-29-14(26)10-24-17(27)15-16(22(3)19(24)28)21-18-23(15)9-11(2)25(18)13-7-5-12(20)6-8-13/h5-9H,4,10H2,1-3H3. The zero-order valence-corrected chi connectivity index (χ0v) is 17.6. The van der Waals surface area contributed by atoms with E-state index in [0.29, 0.717) is 5.78 Å². The van der Waals surface area contributed by atoms with Crippen LogP contribution in [-0.2, 0) is 23.1 Å². The van der Waals surface area contributed by atoms with Crippen LogP contribution in [0.2, 0.25) is 0 Å². The number of imidazole rings is 2. The normalized spacial score (nSPS) is 11.4. The molecule has 0 unspecified atom stereocenters. The number of carbonyl (C=O) groups excluding carboxylic acids is 1. The number of benzene rings is 1. The number of rotatable bonds is 4. The first kappa shape index (κ1) is 19.2. The van der Waals surface area contributed by atoms with E-state index in [2.05, 4.69) is 20.9 Å². The smallest absolute Gasteiger partial charge is 0.333 e. The van der Waals surface area contributed by atoms with E-state index in [9.17, 15) is 14.4 Å². The van der Waals surface area contributed by atoms with E-state index in [4.69, 9.17) is 4.74 Å². The lowest BCUT2D eigenvalue weighted by molar-refractivity contribution is -0.143. The summed E-state index contributed by atoms with van der Waals surface area (Å²) in [5.74, 6) is -0.142. The Morgan fingerprint density at radius 1 is 1.21 bits per heavy atom. The molecule has 0 fully saturated rings. The highest BCUT2D eigenvalue weighted by molar-refractivity contribution is 9.10. The Morgan fingerprint density at radius 2 is 1.90 bits per heavy atom. The molecule has 0 spiro atoms. The van der Waals surface area contributed by atoms with Crippen molar-refractivity contribution in [1.29, 1.82) is 0 Å². The van der Waals surface area contributed by atoms with Crippen molar-refractivity contribution in [2.24, 2.45) is 7.05 Å². The molecule has 0 amide bonds. The van der Waals surface area contributed by atoms with Crippen LogP contribution in [0.5, 0.6) is 0 Å². The third-order valence-electron chi connectivity index (χ3n) is 4.70. The van der Waals surface area contributed by atoms with Crippen LogP contribution in [-0.4, -0.2) is 35.7 Å². The van der Waals surface area contributed by atoms with Gasteiger partial charge in [0.1, 0.15) is 6.54 Å². The minimum atomic E-state index is -0.643. The van der Waals surface area contributed by atoms with Crippen LogP contribution in [0.1, 0.15) is 12.6 Å². The Bertz CT molecular complexity index is 1370. The third-order valence-corrected chi connectivity index (χ3v) is 5.23. The molecule has 0 aliphatic carbocycles. The predicted molar refractivity (Wildman–Crippen MR) is 111 cm³/mol. The molecule has 0 aliphatic heterocycles. The molecule has 29 heavy (non-hydrogen) atoms. The predicted octanol–water partition coefficient (Wildman–Crippen LogP) is 1.77. The van der Waals surface area contributed by atoms with Gasteiger partial charge in [-0.05, 0) is 38.1 Å². The lowest BCUT2D eigenvalue weighted by Crippen LogP contribution is -2.41. The fourth-order valence-corrected chi connectivity index (χ4v) is 3.66. The Balaban J connectivity index is 2.02. The van der Waals surface area contributed by atoms with Crippen molar-refractivity contribution in [3.63, 3.8) is 0 Å². The van der Waals surface area contributed by atoms with Crippen molar-refractivity contribution in [3.05, 3.63) is 61.5 Å². The maximum atomic E-state index is 13.1. The topological polar surface area (TPSA) is 92.5 Å². The molecule has 1 aromatic carbocycles. The summed E-state index contributed by atoms with van der Waals surface area (Å²) in [5.41, 5.74) is 1.00. The minimum Gasteiger partial charge on any atom is -0.465 e. The fourth-order valence-electron chi connectivity index (χ4n) is 3.39. The first-order valence-corrected chi connectivity index (χ1v) is 9.74. The van der Waals surface area contributed by atoms with Gasteiger partial charge in [0.2, 0.25) is 5.78 Å². The quantitative estimate of drug-likeness (QED) is 0.433. The molecule has 0 bridgehead atoms. The number of esters is 1. The van der Waals surface area contributed by atoms with Gasteiger partial charge in [-0.3, -0.25) is 23.1 Å². The van der Waals surface area contributed by atoms with E-state index in [1.807, 2.05) is 35.8 Å². The van der Waals surface area contributed by atoms with E-state index in [0.717, 1.165) is 20.4 Å². The highest BCUT2D eigenvalue weighted by atomic mass is 79.9. The van der Waals surface area contributed by atoms with Gasteiger partial charge in [0, 0.05) is 29.1 Å². The van der Waals surface area contributed by atoms with Gasteiger partial charge in [-0.1, -0.05) is 15.9 Å². The number of hydrogen-bond donors (Lipinski definition) is 0. The second kappa shape index (κ2) is 7.03. The molecule has 150 valence electrons. The summed E-state index contributed by atoms with van der Waals surface area (Å²) in [4.78, 5) is 42.2. The molecule has 0 radical (unpaired) electrons. The molecule has 3 aromatic heterocycles. The molecule has 4 aromatic rings. The highest BCUT2D eigenvalue weighted by Crippen LogP contribution is 2.22. The Morgan fingerprint density at radius 3 is 2.55 bits per heavy atom. The van der Waals surface area contributed by atoms with Gasteiger partial charge in [0.15, 0.2) is 11.2 Å². The summed E-state index contributed by atoms with van der Waals surface area (Å²) in [6.07, 6.45) is 1.79. The number of aromatic nitrogens is 5. The van der Waals surface area contributed by atoms with Gasteiger partial charge < -0.3 is 4.74 Å². The molecular weight excluding hydrogens is 442 g/mol. The molecule has 10 heteroatoms. The lowest BCUT2D eigenvalue weighted by atomic mass is 10.3. The number of hydrogen-bond acceptors (Lipinski definition) is 5. The molecule has 0 saturated heterocycles. The van der Waals surface area contributed by atoms with E-state index in [1.165, 1.54) is 11.6 Å². The van der Waals surface area contributed by atoms with Crippen LogP contribution in [0.25, 0.3) is 22.6 Å². The molecule has 3 heterocycles. The second-order valence-electron chi connectivity index (χ2n) is 6.57. The summed E-state index contributed by atoms with van der Waals surface area (Å²) in [7, 11) is 1.52. The van der Waals surface area contributed by atoms with Crippen molar-refractivity contribution in [3.8, 4) is 5.69 Å². The SMILES string of the molecule is CCOC(=O)Cn1c(=O)c2c(nc3n(-c4ccc(Br)cc4)c(C)cn23)n(C)c1=O. The van der Waals surface area contributed by atoms with Gasteiger partial charge in [-0.25, -0.2) is 9.36 Å². The lowest BCUT2D eigenvalue weighted by Gasteiger charge is -2.07. The van der Waals surface area contributed by atoms with Crippen LogP contribution in [0.15, 0.2) is 44.5 Å². The van der Waals surface area contributed by atoms with Crippen LogP contribution in [0.4, 0.5) is 0 Å². The van der Waals surface area contributed by atoms with Gasteiger partial charge in [-0.15, -0.1) is 0 Å². The van der Waals surface area contributed by atoms with Crippen LogP contribution in [0.3, 0.4) is 0 Å². The molecule has 0 saturated carbocycles. The Labute approximate surface area is 172 Å². The summed E-state index contributed by atoms with van der Waals surface area (Å²) in [5, 5.41) is 0. The van der Waals surface area contributed by atoms with Crippen LogP contribution < -0.4 is 11.2 Å². The first-order valence-electron chi connectivity index (χ1n) is 8.95. The zero-order chi connectivity index (χ0) is 20.9. The van der Waals surface area contributed by atoms with Gasteiger partial charge in [0.05, 0.1) is 6.61 Å². The zero-order valence-electron chi connectivity index (χ0n) is 16.0. The molecular formula is C19H18BrN5O4. The minimum absolute atomic E-state index is 0.169. The molecule has 0 N–H and O–H groups in total. The van der Waals surface area contributed by atoms with Crippen molar-refractivity contribution in [2.45, 2.75) is 20.4 Å². The number of nitrogens with zero attached hydrogens (tertiary/aromatic N) is 5. The second-order valence-corrected chi connectivity index (χ2v) is 7.49. The number of fused-ring (bicyclic) bond motifs is 3. The monoisotopic (exact) mass is 459 g/mol. The average Bonchev–Trinajstić information content (AvgIpc) is 3.19. The summed E-state index contributed by atoms with van der Waals surface area (Å²) in [6, 6.07) is 7.68. The molecule has 4 rings (SSSR count). The Kier molecular flexibility index (Phi) is 4.65. The Hall–Kier alpha value is -3.14.